The van der Waals surface area contributed by atoms with Crippen molar-refractivity contribution in [1.82, 2.24) is 4.98 Å². The SMILES string of the molecule is CCOC(=O)CCCc1nc2cccc(Cl)c2c(Cl)c1Cl. The molecule has 0 aliphatic rings. The third kappa shape index (κ3) is 3.79. The summed E-state index contributed by atoms with van der Waals surface area (Å²) >= 11 is 18.7. The highest BCUT2D eigenvalue weighted by Gasteiger charge is 2.14. The van der Waals surface area contributed by atoms with Crippen LogP contribution in [0.15, 0.2) is 18.2 Å². The number of fused-ring (bicyclic) bond motifs is 1. The summed E-state index contributed by atoms with van der Waals surface area (Å²) in [5.74, 6) is -0.219. The van der Waals surface area contributed by atoms with E-state index in [1.54, 1.807) is 13.0 Å². The van der Waals surface area contributed by atoms with Gasteiger partial charge in [0.1, 0.15) is 0 Å². The van der Waals surface area contributed by atoms with E-state index in [1.165, 1.54) is 0 Å². The van der Waals surface area contributed by atoms with Gasteiger partial charge in [0.05, 0.1) is 32.9 Å². The Morgan fingerprint density at radius 1 is 1.24 bits per heavy atom. The van der Waals surface area contributed by atoms with Crippen LogP contribution in [0, 0.1) is 0 Å². The maximum absolute atomic E-state index is 11.3. The molecule has 21 heavy (non-hydrogen) atoms. The third-order valence-corrected chi connectivity index (χ3v) is 4.21. The van der Waals surface area contributed by atoms with Crippen molar-refractivity contribution in [3.8, 4) is 0 Å². The number of hydrogen-bond donors (Lipinski definition) is 0. The van der Waals surface area contributed by atoms with E-state index in [0.29, 0.717) is 57.5 Å². The molecule has 2 aromatic rings. The minimum Gasteiger partial charge on any atom is -0.466 e. The van der Waals surface area contributed by atoms with Crippen molar-refractivity contribution in [1.29, 1.82) is 0 Å². The molecule has 0 saturated carbocycles. The fourth-order valence-corrected chi connectivity index (χ4v) is 2.90. The van der Waals surface area contributed by atoms with Gasteiger partial charge in [-0.15, -0.1) is 0 Å². The lowest BCUT2D eigenvalue weighted by atomic mass is 10.1. The Bertz CT molecular complexity index is 674. The van der Waals surface area contributed by atoms with E-state index in [0.717, 1.165) is 0 Å². The van der Waals surface area contributed by atoms with Crippen molar-refractivity contribution in [3.05, 3.63) is 39.0 Å². The maximum atomic E-state index is 11.3. The summed E-state index contributed by atoms with van der Waals surface area (Å²) in [6.45, 7) is 2.17. The van der Waals surface area contributed by atoms with Crippen LogP contribution >= 0.6 is 34.8 Å². The molecular formula is C15H14Cl3NO2. The Morgan fingerprint density at radius 3 is 2.71 bits per heavy atom. The molecule has 6 heteroatoms. The molecule has 0 aliphatic carbocycles. The Balaban J connectivity index is 2.21. The number of esters is 1. The highest BCUT2D eigenvalue weighted by molar-refractivity contribution is 6.48. The van der Waals surface area contributed by atoms with Crippen LogP contribution in [0.2, 0.25) is 15.1 Å². The van der Waals surface area contributed by atoms with Crippen LogP contribution in [-0.4, -0.2) is 17.6 Å². The molecule has 0 N–H and O–H groups in total. The van der Waals surface area contributed by atoms with Crippen LogP contribution in [-0.2, 0) is 16.0 Å². The number of halogens is 3. The molecule has 0 amide bonds. The number of rotatable bonds is 5. The minimum atomic E-state index is -0.219. The lowest BCUT2D eigenvalue weighted by Crippen LogP contribution is -2.04. The Morgan fingerprint density at radius 2 is 2.00 bits per heavy atom. The van der Waals surface area contributed by atoms with Gasteiger partial charge in [-0.3, -0.25) is 9.78 Å². The molecule has 0 atom stereocenters. The second kappa shape index (κ2) is 7.30. The highest BCUT2D eigenvalue weighted by atomic mass is 35.5. The van der Waals surface area contributed by atoms with Crippen LogP contribution in [0.4, 0.5) is 0 Å². The molecule has 1 aromatic heterocycles. The molecule has 1 heterocycles. The zero-order valence-corrected chi connectivity index (χ0v) is 13.7. The topological polar surface area (TPSA) is 39.2 Å². The van der Waals surface area contributed by atoms with Gasteiger partial charge in [-0.25, -0.2) is 0 Å². The predicted molar refractivity (Wildman–Crippen MR) is 86.3 cm³/mol. The summed E-state index contributed by atoms with van der Waals surface area (Å²) in [7, 11) is 0. The van der Waals surface area contributed by atoms with Crippen LogP contribution in [0.5, 0.6) is 0 Å². The van der Waals surface area contributed by atoms with Crippen molar-refractivity contribution in [3.63, 3.8) is 0 Å². The van der Waals surface area contributed by atoms with Crippen molar-refractivity contribution in [2.24, 2.45) is 0 Å². The Labute approximate surface area is 138 Å². The maximum Gasteiger partial charge on any atom is 0.305 e. The molecule has 0 aliphatic heterocycles. The molecule has 1 aromatic carbocycles. The van der Waals surface area contributed by atoms with Crippen molar-refractivity contribution >= 4 is 51.7 Å². The van der Waals surface area contributed by atoms with Gasteiger partial charge in [-0.1, -0.05) is 40.9 Å². The van der Waals surface area contributed by atoms with Gasteiger partial charge in [0.25, 0.3) is 0 Å². The third-order valence-electron chi connectivity index (χ3n) is 3.01. The summed E-state index contributed by atoms with van der Waals surface area (Å²) < 4.78 is 4.88. The normalized spacial score (nSPS) is 10.9. The average Bonchev–Trinajstić information content (AvgIpc) is 2.44. The lowest BCUT2D eigenvalue weighted by molar-refractivity contribution is -0.143. The van der Waals surface area contributed by atoms with Crippen molar-refractivity contribution < 1.29 is 9.53 Å². The largest absolute Gasteiger partial charge is 0.466 e. The summed E-state index contributed by atoms with van der Waals surface area (Å²) in [5, 5.41) is 1.96. The fraction of sp³-hybridized carbons (Fsp3) is 0.333. The molecule has 0 unspecified atom stereocenters. The van der Waals surface area contributed by atoms with Gasteiger partial charge in [0.15, 0.2) is 0 Å². The Kier molecular flexibility index (Phi) is 5.68. The number of carbonyl (C=O) groups is 1. The second-order valence-corrected chi connectivity index (χ2v) is 5.64. The summed E-state index contributed by atoms with van der Waals surface area (Å²) in [5.41, 5.74) is 1.36. The molecule has 2 rings (SSSR count). The first-order valence-electron chi connectivity index (χ1n) is 6.62. The Hall–Kier alpha value is -1.03. The molecule has 0 saturated heterocycles. The number of nitrogens with zero attached hydrogens (tertiary/aromatic N) is 1. The summed E-state index contributed by atoms with van der Waals surface area (Å²) in [4.78, 5) is 15.8. The second-order valence-electron chi connectivity index (χ2n) is 4.48. The molecular weight excluding hydrogens is 333 g/mol. The summed E-state index contributed by atoms with van der Waals surface area (Å²) in [6.07, 6.45) is 1.49. The van der Waals surface area contributed by atoms with Crippen LogP contribution in [0.3, 0.4) is 0 Å². The first-order valence-corrected chi connectivity index (χ1v) is 7.75. The van der Waals surface area contributed by atoms with Gasteiger partial charge in [-0.2, -0.15) is 0 Å². The number of aromatic nitrogens is 1. The number of hydrogen-bond acceptors (Lipinski definition) is 3. The van der Waals surface area contributed by atoms with E-state index >= 15 is 0 Å². The average molecular weight is 347 g/mol. The van der Waals surface area contributed by atoms with Gasteiger partial charge in [0.2, 0.25) is 0 Å². The van der Waals surface area contributed by atoms with Crippen LogP contribution in [0.1, 0.15) is 25.5 Å². The smallest absolute Gasteiger partial charge is 0.305 e. The number of benzene rings is 1. The molecule has 3 nitrogen and oxygen atoms in total. The molecule has 0 radical (unpaired) electrons. The van der Waals surface area contributed by atoms with E-state index in [1.807, 2.05) is 12.1 Å². The molecule has 0 fully saturated rings. The molecule has 112 valence electrons. The van der Waals surface area contributed by atoms with Crippen molar-refractivity contribution in [2.75, 3.05) is 6.61 Å². The van der Waals surface area contributed by atoms with Gasteiger partial charge >= 0.3 is 5.97 Å². The zero-order valence-electron chi connectivity index (χ0n) is 11.5. The fourth-order valence-electron chi connectivity index (χ4n) is 2.05. The number of ether oxygens (including phenoxy) is 1. The quantitative estimate of drug-likeness (QED) is 0.709. The van der Waals surface area contributed by atoms with E-state index < -0.39 is 0 Å². The minimum absolute atomic E-state index is 0.219. The first kappa shape index (κ1) is 16.3. The number of pyridine rings is 1. The number of carbonyl (C=O) groups excluding carboxylic acids is 1. The number of aryl methyl sites for hydroxylation is 1. The molecule has 0 spiro atoms. The van der Waals surface area contributed by atoms with E-state index in [-0.39, 0.29) is 5.97 Å². The first-order chi connectivity index (χ1) is 10.0. The van der Waals surface area contributed by atoms with Gasteiger partial charge in [0, 0.05) is 11.8 Å². The standard InChI is InChI=1S/C15H14Cl3NO2/c1-2-21-12(20)8-4-7-11-14(17)15(18)13-9(16)5-3-6-10(13)19-11/h3,5-6H,2,4,7-8H2,1H3. The molecule has 0 bridgehead atoms. The van der Waals surface area contributed by atoms with Crippen LogP contribution in [0.25, 0.3) is 10.9 Å². The lowest BCUT2D eigenvalue weighted by Gasteiger charge is -2.09. The predicted octanol–water partition coefficient (Wildman–Crippen LogP) is 5.08. The summed E-state index contributed by atoms with van der Waals surface area (Å²) in [6, 6.07) is 5.39. The monoisotopic (exact) mass is 345 g/mol. The van der Waals surface area contributed by atoms with Crippen molar-refractivity contribution in [2.45, 2.75) is 26.2 Å². The van der Waals surface area contributed by atoms with E-state index in [2.05, 4.69) is 4.98 Å². The van der Waals surface area contributed by atoms with E-state index in [4.69, 9.17) is 39.5 Å². The van der Waals surface area contributed by atoms with E-state index in [9.17, 15) is 4.79 Å². The van der Waals surface area contributed by atoms with Gasteiger partial charge in [-0.05, 0) is 31.9 Å². The van der Waals surface area contributed by atoms with Gasteiger partial charge < -0.3 is 4.74 Å². The van der Waals surface area contributed by atoms with Crippen LogP contribution < -0.4 is 0 Å². The zero-order chi connectivity index (χ0) is 15.4. The highest BCUT2D eigenvalue weighted by Crippen LogP contribution is 2.36.